The highest BCUT2D eigenvalue weighted by Crippen LogP contribution is 2.17. The second-order valence-electron chi connectivity index (χ2n) is 2.66. The maximum atomic E-state index is 11.1. The number of nitrogens with two attached hydrogens (primary N) is 1. The van der Waals surface area contributed by atoms with E-state index in [0.29, 0.717) is 6.42 Å². The first-order valence-electron chi connectivity index (χ1n) is 3.54. The highest BCUT2D eigenvalue weighted by molar-refractivity contribution is 5.88. The smallest absolute Gasteiger partial charge is 0.155 e. The Morgan fingerprint density at radius 1 is 1.64 bits per heavy atom. The van der Waals surface area contributed by atoms with E-state index in [4.69, 9.17) is 5.84 Å². The van der Waals surface area contributed by atoms with Crippen LogP contribution in [0.1, 0.15) is 13.3 Å². The summed E-state index contributed by atoms with van der Waals surface area (Å²) in [6.45, 7) is 1.53. The first-order valence-corrected chi connectivity index (χ1v) is 3.54. The van der Waals surface area contributed by atoms with Crippen LogP contribution >= 0.6 is 0 Å². The molecule has 0 heterocycles. The molecule has 11 heavy (non-hydrogen) atoms. The molecule has 0 aromatic heterocycles. The van der Waals surface area contributed by atoms with Crippen LogP contribution in [0.2, 0.25) is 0 Å². The van der Waals surface area contributed by atoms with Crippen LogP contribution in [0.4, 0.5) is 0 Å². The minimum absolute atomic E-state index is 0.0422. The van der Waals surface area contributed by atoms with E-state index in [9.17, 15) is 4.79 Å². The molecule has 0 fully saturated rings. The van der Waals surface area contributed by atoms with Gasteiger partial charge in [-0.2, -0.15) is 0 Å². The third kappa shape index (κ3) is 1.39. The minimum atomic E-state index is -0.658. The highest BCUT2D eigenvalue weighted by atomic mass is 16.1. The van der Waals surface area contributed by atoms with Crippen LogP contribution in [0.25, 0.3) is 0 Å². The molecule has 1 aliphatic rings. The Labute approximate surface area is 65.9 Å². The minimum Gasteiger partial charge on any atom is -0.297 e. The van der Waals surface area contributed by atoms with Crippen LogP contribution in [-0.2, 0) is 4.79 Å². The fourth-order valence-corrected chi connectivity index (χ4v) is 1.09. The molecule has 3 N–H and O–H groups in total. The second kappa shape index (κ2) is 2.98. The Hall–Kier alpha value is -0.930. The lowest BCUT2D eigenvalue weighted by Crippen LogP contribution is -2.53. The van der Waals surface area contributed by atoms with Crippen LogP contribution in [-0.4, -0.2) is 11.3 Å². The highest BCUT2D eigenvalue weighted by Gasteiger charge is 2.30. The lowest BCUT2D eigenvalue weighted by atomic mass is 9.88. The van der Waals surface area contributed by atoms with E-state index < -0.39 is 5.54 Å². The molecule has 3 heteroatoms. The van der Waals surface area contributed by atoms with Crippen LogP contribution < -0.4 is 11.3 Å². The molecule has 0 aliphatic heterocycles. The number of allylic oxidation sites excluding steroid dienone is 2. The SMILES string of the molecule is CC(=O)C1(NN)C=CC=CC1. The summed E-state index contributed by atoms with van der Waals surface area (Å²) in [6, 6.07) is 0. The Morgan fingerprint density at radius 2 is 2.36 bits per heavy atom. The fourth-order valence-electron chi connectivity index (χ4n) is 1.09. The summed E-state index contributed by atoms with van der Waals surface area (Å²) >= 11 is 0. The normalized spacial score (nSPS) is 28.9. The van der Waals surface area contributed by atoms with Crippen molar-refractivity contribution in [2.75, 3.05) is 0 Å². The molecule has 0 radical (unpaired) electrons. The van der Waals surface area contributed by atoms with Gasteiger partial charge in [-0.25, -0.2) is 5.43 Å². The fraction of sp³-hybridized carbons (Fsp3) is 0.375. The first-order chi connectivity index (χ1) is 5.21. The lowest BCUT2D eigenvalue weighted by Gasteiger charge is -2.26. The maximum Gasteiger partial charge on any atom is 0.155 e. The molecule has 1 aliphatic carbocycles. The van der Waals surface area contributed by atoms with Gasteiger partial charge in [0.25, 0.3) is 0 Å². The zero-order valence-corrected chi connectivity index (χ0v) is 6.50. The first kappa shape index (κ1) is 8.17. The molecule has 0 amide bonds. The number of ketones is 1. The van der Waals surface area contributed by atoms with Gasteiger partial charge in [-0.3, -0.25) is 10.6 Å². The van der Waals surface area contributed by atoms with Crippen molar-refractivity contribution in [2.24, 2.45) is 5.84 Å². The Kier molecular flexibility index (Phi) is 2.22. The van der Waals surface area contributed by atoms with Crippen molar-refractivity contribution in [3.05, 3.63) is 24.3 Å². The molecule has 0 saturated heterocycles. The van der Waals surface area contributed by atoms with Gasteiger partial charge in [-0.1, -0.05) is 24.3 Å². The number of hydrogen-bond acceptors (Lipinski definition) is 3. The Bertz CT molecular complexity index is 220. The van der Waals surface area contributed by atoms with Gasteiger partial charge < -0.3 is 0 Å². The van der Waals surface area contributed by atoms with Gasteiger partial charge in [0, 0.05) is 0 Å². The lowest BCUT2D eigenvalue weighted by molar-refractivity contribution is -0.121. The van der Waals surface area contributed by atoms with Gasteiger partial charge in [0.2, 0.25) is 0 Å². The number of carbonyl (C=O) groups is 1. The standard InChI is InChI=1S/C8H12N2O/c1-7(11)8(10-9)5-3-2-4-6-8/h2-5,10H,6,9H2,1H3. The molecule has 0 spiro atoms. The van der Waals surface area contributed by atoms with E-state index >= 15 is 0 Å². The van der Waals surface area contributed by atoms with Crippen molar-refractivity contribution in [3.63, 3.8) is 0 Å². The molecular formula is C8H12N2O. The molecule has 0 aromatic rings. The van der Waals surface area contributed by atoms with Crippen LogP contribution in [0, 0.1) is 0 Å². The van der Waals surface area contributed by atoms with Crippen molar-refractivity contribution in [3.8, 4) is 0 Å². The number of Topliss-reactive ketones (excluding diaryl/α,β-unsaturated/α-hetero) is 1. The van der Waals surface area contributed by atoms with E-state index in [1.807, 2.05) is 18.2 Å². The summed E-state index contributed by atoms with van der Waals surface area (Å²) in [6.07, 6.45) is 8.06. The topological polar surface area (TPSA) is 55.1 Å². The molecule has 1 unspecified atom stereocenters. The van der Waals surface area contributed by atoms with E-state index in [1.165, 1.54) is 6.92 Å². The van der Waals surface area contributed by atoms with Crippen LogP contribution in [0.3, 0.4) is 0 Å². The molecular weight excluding hydrogens is 140 g/mol. The van der Waals surface area contributed by atoms with E-state index in [2.05, 4.69) is 5.43 Å². The summed E-state index contributed by atoms with van der Waals surface area (Å²) in [7, 11) is 0. The molecule has 0 bridgehead atoms. The summed E-state index contributed by atoms with van der Waals surface area (Å²) in [5.74, 6) is 5.33. The van der Waals surface area contributed by atoms with Crippen molar-refractivity contribution >= 4 is 5.78 Å². The van der Waals surface area contributed by atoms with Crippen molar-refractivity contribution in [1.29, 1.82) is 0 Å². The third-order valence-electron chi connectivity index (χ3n) is 1.95. The van der Waals surface area contributed by atoms with Gasteiger partial charge >= 0.3 is 0 Å². The van der Waals surface area contributed by atoms with Crippen molar-refractivity contribution in [1.82, 2.24) is 5.43 Å². The zero-order chi connectivity index (χ0) is 8.32. The predicted octanol–water partition coefficient (Wildman–Crippen LogP) is 0.294. The maximum absolute atomic E-state index is 11.1. The predicted molar refractivity (Wildman–Crippen MR) is 43.6 cm³/mol. The number of hydrazine groups is 1. The molecule has 3 nitrogen and oxygen atoms in total. The number of hydrogen-bond donors (Lipinski definition) is 2. The Morgan fingerprint density at radius 3 is 2.64 bits per heavy atom. The average molecular weight is 152 g/mol. The third-order valence-corrected chi connectivity index (χ3v) is 1.95. The summed E-state index contributed by atoms with van der Waals surface area (Å²) < 4.78 is 0. The number of rotatable bonds is 2. The molecule has 60 valence electrons. The van der Waals surface area contributed by atoms with Crippen LogP contribution in [0.15, 0.2) is 24.3 Å². The number of carbonyl (C=O) groups excluding carboxylic acids is 1. The molecule has 0 aromatic carbocycles. The summed E-state index contributed by atoms with van der Waals surface area (Å²) in [5.41, 5.74) is 1.87. The van der Waals surface area contributed by atoms with Crippen molar-refractivity contribution < 1.29 is 4.79 Å². The van der Waals surface area contributed by atoms with E-state index in [0.717, 1.165) is 0 Å². The van der Waals surface area contributed by atoms with Gasteiger partial charge in [-0.15, -0.1) is 0 Å². The monoisotopic (exact) mass is 152 g/mol. The Balaban J connectivity index is 2.85. The van der Waals surface area contributed by atoms with E-state index in [-0.39, 0.29) is 5.78 Å². The molecule has 0 saturated carbocycles. The second-order valence-corrected chi connectivity index (χ2v) is 2.66. The summed E-state index contributed by atoms with van der Waals surface area (Å²) in [5, 5.41) is 0. The van der Waals surface area contributed by atoms with Gasteiger partial charge in [0.05, 0.1) is 0 Å². The molecule has 1 rings (SSSR count). The molecule has 1 atom stereocenters. The van der Waals surface area contributed by atoms with E-state index in [1.54, 1.807) is 6.08 Å². The van der Waals surface area contributed by atoms with Gasteiger partial charge in [0.15, 0.2) is 5.78 Å². The zero-order valence-electron chi connectivity index (χ0n) is 6.50. The van der Waals surface area contributed by atoms with Gasteiger partial charge in [-0.05, 0) is 13.3 Å². The quantitative estimate of drug-likeness (QED) is 0.442. The summed E-state index contributed by atoms with van der Waals surface area (Å²) in [4.78, 5) is 11.1. The largest absolute Gasteiger partial charge is 0.297 e. The van der Waals surface area contributed by atoms with Gasteiger partial charge in [0.1, 0.15) is 5.54 Å². The van der Waals surface area contributed by atoms with Crippen LogP contribution in [0.5, 0.6) is 0 Å². The van der Waals surface area contributed by atoms with Crippen molar-refractivity contribution in [2.45, 2.75) is 18.9 Å². The average Bonchev–Trinajstić information content (AvgIpc) is 2.05. The number of nitrogens with one attached hydrogen (secondary N) is 1.